The first-order valence-electron chi connectivity index (χ1n) is 9.37. The summed E-state index contributed by atoms with van der Waals surface area (Å²) in [7, 11) is 1.63. The number of rotatable bonds is 6. The highest BCUT2D eigenvalue weighted by Crippen LogP contribution is 2.26. The van der Waals surface area contributed by atoms with Crippen LogP contribution in [0.25, 0.3) is 11.3 Å². The first-order chi connectivity index (χ1) is 14.7. The summed E-state index contributed by atoms with van der Waals surface area (Å²) in [5, 5.41) is 15.9. The summed E-state index contributed by atoms with van der Waals surface area (Å²) >= 11 is 0. The van der Waals surface area contributed by atoms with Gasteiger partial charge in [0.2, 0.25) is 5.95 Å². The quantitative estimate of drug-likeness (QED) is 0.449. The van der Waals surface area contributed by atoms with Crippen LogP contribution in [0.4, 0.5) is 23.1 Å². The summed E-state index contributed by atoms with van der Waals surface area (Å²) in [6, 6.07) is 28.8. The van der Waals surface area contributed by atoms with E-state index in [1.807, 2.05) is 78.9 Å². The van der Waals surface area contributed by atoms with Crippen molar-refractivity contribution in [2.24, 2.45) is 0 Å². The van der Waals surface area contributed by atoms with Gasteiger partial charge in [0.25, 0.3) is 0 Å². The van der Waals surface area contributed by atoms with Gasteiger partial charge in [-0.2, -0.15) is 10.2 Å². The molecule has 4 rings (SSSR count). The van der Waals surface area contributed by atoms with Gasteiger partial charge in [-0.05, 0) is 36.4 Å². The fourth-order valence-electron chi connectivity index (χ4n) is 2.96. The fraction of sp³-hybridized carbons (Fsp3) is 0.0417. The lowest BCUT2D eigenvalue weighted by molar-refractivity contribution is 0.415. The summed E-state index contributed by atoms with van der Waals surface area (Å²) in [6.45, 7) is 0. The SMILES string of the molecule is COc1ccc(Nc2nc(Nc3ccccc3C#N)cc(-c3ccccc3)n2)cc1. The monoisotopic (exact) mass is 393 g/mol. The van der Waals surface area contributed by atoms with Crippen molar-refractivity contribution in [2.45, 2.75) is 0 Å². The van der Waals surface area contributed by atoms with Crippen molar-refractivity contribution in [3.63, 3.8) is 0 Å². The standard InChI is InChI=1S/C24H19N5O/c1-30-20-13-11-19(12-14-20)26-24-28-22(17-7-3-2-4-8-17)15-23(29-24)27-21-10-6-5-9-18(21)16-25/h2-15H,1H3,(H2,26,27,28,29). The van der Waals surface area contributed by atoms with Crippen LogP contribution in [0.5, 0.6) is 5.75 Å². The Hall–Kier alpha value is -4.37. The van der Waals surface area contributed by atoms with Crippen molar-refractivity contribution in [1.29, 1.82) is 5.26 Å². The number of hydrogen-bond donors (Lipinski definition) is 2. The Morgan fingerprint density at radius 1 is 0.833 bits per heavy atom. The maximum absolute atomic E-state index is 9.38. The van der Waals surface area contributed by atoms with E-state index in [9.17, 15) is 5.26 Å². The van der Waals surface area contributed by atoms with E-state index in [0.717, 1.165) is 22.7 Å². The molecule has 0 saturated heterocycles. The Balaban J connectivity index is 1.71. The van der Waals surface area contributed by atoms with Crippen molar-refractivity contribution >= 4 is 23.1 Å². The molecule has 4 aromatic rings. The normalized spacial score (nSPS) is 10.1. The number of para-hydroxylation sites is 1. The van der Waals surface area contributed by atoms with Crippen LogP contribution in [0.15, 0.2) is 84.9 Å². The smallest absolute Gasteiger partial charge is 0.229 e. The first-order valence-corrected chi connectivity index (χ1v) is 9.37. The first kappa shape index (κ1) is 19.0. The number of benzene rings is 3. The molecule has 0 fully saturated rings. The van der Waals surface area contributed by atoms with Crippen LogP contribution in [-0.4, -0.2) is 17.1 Å². The zero-order chi connectivity index (χ0) is 20.8. The lowest BCUT2D eigenvalue weighted by Crippen LogP contribution is -2.03. The van der Waals surface area contributed by atoms with Crippen molar-refractivity contribution in [3.8, 4) is 23.1 Å². The van der Waals surface area contributed by atoms with E-state index in [1.54, 1.807) is 13.2 Å². The molecular weight excluding hydrogens is 374 g/mol. The molecule has 146 valence electrons. The van der Waals surface area contributed by atoms with Crippen molar-refractivity contribution in [1.82, 2.24) is 9.97 Å². The molecule has 0 amide bonds. The fourth-order valence-corrected chi connectivity index (χ4v) is 2.96. The number of anilines is 4. The molecule has 0 spiro atoms. The number of hydrogen-bond acceptors (Lipinski definition) is 6. The molecule has 0 atom stereocenters. The zero-order valence-corrected chi connectivity index (χ0v) is 16.3. The molecule has 0 saturated carbocycles. The molecule has 0 bridgehead atoms. The van der Waals surface area contributed by atoms with Crippen molar-refractivity contribution < 1.29 is 4.74 Å². The molecule has 0 unspecified atom stereocenters. The van der Waals surface area contributed by atoms with Gasteiger partial charge in [0, 0.05) is 17.3 Å². The molecule has 1 aromatic heterocycles. The lowest BCUT2D eigenvalue weighted by Gasteiger charge is -2.12. The summed E-state index contributed by atoms with van der Waals surface area (Å²) in [5.74, 6) is 1.80. The van der Waals surface area contributed by atoms with E-state index < -0.39 is 0 Å². The van der Waals surface area contributed by atoms with Crippen LogP contribution in [0, 0.1) is 11.3 Å². The molecule has 6 heteroatoms. The number of nitriles is 1. The molecule has 30 heavy (non-hydrogen) atoms. The number of nitrogens with zero attached hydrogens (tertiary/aromatic N) is 3. The lowest BCUT2D eigenvalue weighted by atomic mass is 10.1. The molecule has 1 heterocycles. The Morgan fingerprint density at radius 3 is 2.30 bits per heavy atom. The zero-order valence-electron chi connectivity index (χ0n) is 16.3. The van der Waals surface area contributed by atoms with E-state index in [4.69, 9.17) is 4.74 Å². The molecule has 2 N–H and O–H groups in total. The average molecular weight is 393 g/mol. The predicted octanol–water partition coefficient (Wildman–Crippen LogP) is 5.51. The Kier molecular flexibility index (Phi) is 5.54. The predicted molar refractivity (Wildman–Crippen MR) is 118 cm³/mol. The Morgan fingerprint density at radius 2 is 1.57 bits per heavy atom. The minimum atomic E-state index is 0.443. The largest absolute Gasteiger partial charge is 0.497 e. The topological polar surface area (TPSA) is 82.9 Å². The highest BCUT2D eigenvalue weighted by Gasteiger charge is 2.09. The highest BCUT2D eigenvalue weighted by molar-refractivity contribution is 5.71. The second kappa shape index (κ2) is 8.76. The summed E-state index contributed by atoms with van der Waals surface area (Å²) < 4.78 is 5.21. The van der Waals surface area contributed by atoms with Gasteiger partial charge in [-0.15, -0.1) is 0 Å². The van der Waals surface area contributed by atoms with Crippen LogP contribution in [0.2, 0.25) is 0 Å². The van der Waals surface area contributed by atoms with Gasteiger partial charge in [0.1, 0.15) is 17.6 Å². The molecule has 0 aliphatic rings. The maximum atomic E-state index is 9.38. The molecule has 0 radical (unpaired) electrons. The Bertz CT molecular complexity index is 1180. The van der Waals surface area contributed by atoms with Gasteiger partial charge in [-0.3, -0.25) is 0 Å². The summed E-state index contributed by atoms with van der Waals surface area (Å²) in [6.07, 6.45) is 0. The van der Waals surface area contributed by atoms with Gasteiger partial charge in [-0.25, -0.2) is 4.98 Å². The van der Waals surface area contributed by atoms with Gasteiger partial charge in [0.05, 0.1) is 24.1 Å². The maximum Gasteiger partial charge on any atom is 0.229 e. The number of methoxy groups -OCH3 is 1. The van der Waals surface area contributed by atoms with Crippen LogP contribution in [-0.2, 0) is 0 Å². The minimum absolute atomic E-state index is 0.443. The van der Waals surface area contributed by atoms with Gasteiger partial charge < -0.3 is 15.4 Å². The van der Waals surface area contributed by atoms with E-state index in [-0.39, 0.29) is 0 Å². The second-order valence-corrected chi connectivity index (χ2v) is 6.46. The molecule has 3 aromatic carbocycles. The van der Waals surface area contributed by atoms with Crippen LogP contribution in [0.3, 0.4) is 0 Å². The third-order valence-corrected chi connectivity index (χ3v) is 4.45. The van der Waals surface area contributed by atoms with E-state index in [1.165, 1.54) is 0 Å². The summed E-state index contributed by atoms with van der Waals surface area (Å²) in [4.78, 5) is 9.26. The molecular formula is C24H19N5O. The third-order valence-electron chi connectivity index (χ3n) is 4.45. The van der Waals surface area contributed by atoms with Gasteiger partial charge in [0.15, 0.2) is 0 Å². The Labute approximate surface area is 174 Å². The van der Waals surface area contributed by atoms with E-state index >= 15 is 0 Å². The van der Waals surface area contributed by atoms with Gasteiger partial charge in [-0.1, -0.05) is 42.5 Å². The number of ether oxygens (including phenoxy) is 1. The second-order valence-electron chi connectivity index (χ2n) is 6.46. The molecule has 0 aliphatic heterocycles. The molecule has 6 nitrogen and oxygen atoms in total. The minimum Gasteiger partial charge on any atom is -0.497 e. The highest BCUT2D eigenvalue weighted by atomic mass is 16.5. The van der Waals surface area contributed by atoms with Gasteiger partial charge >= 0.3 is 0 Å². The van der Waals surface area contributed by atoms with Crippen molar-refractivity contribution in [2.75, 3.05) is 17.7 Å². The van der Waals surface area contributed by atoms with E-state index in [2.05, 4.69) is 26.7 Å². The third kappa shape index (κ3) is 4.37. The van der Waals surface area contributed by atoms with E-state index in [0.29, 0.717) is 23.0 Å². The molecule has 0 aliphatic carbocycles. The average Bonchev–Trinajstić information content (AvgIpc) is 2.80. The summed E-state index contributed by atoms with van der Waals surface area (Å²) in [5.41, 5.74) is 3.80. The van der Waals surface area contributed by atoms with Crippen LogP contribution < -0.4 is 15.4 Å². The van der Waals surface area contributed by atoms with Crippen LogP contribution >= 0.6 is 0 Å². The number of nitrogens with one attached hydrogen (secondary N) is 2. The van der Waals surface area contributed by atoms with Crippen LogP contribution in [0.1, 0.15) is 5.56 Å². The number of aromatic nitrogens is 2. The van der Waals surface area contributed by atoms with Crippen molar-refractivity contribution in [3.05, 3.63) is 90.5 Å².